The van der Waals surface area contributed by atoms with Crippen molar-refractivity contribution in [3.63, 3.8) is 0 Å². The molecule has 1 saturated heterocycles. The number of alkyl halides is 6. The normalized spacial score (nSPS) is 24.8. The Labute approximate surface area is 234 Å². The summed E-state index contributed by atoms with van der Waals surface area (Å²) in [5, 5.41) is 0. The smallest absolute Gasteiger partial charge is 0.416 e. The highest BCUT2D eigenvalue weighted by atomic mass is 19.4. The van der Waals surface area contributed by atoms with E-state index in [1.807, 2.05) is 0 Å². The first-order valence-electron chi connectivity index (χ1n) is 13.9. The molecule has 2 aromatic rings. The summed E-state index contributed by atoms with van der Waals surface area (Å²) >= 11 is 0. The molecule has 0 aromatic heterocycles. The molecule has 4 nitrogen and oxygen atoms in total. The molecule has 0 radical (unpaired) electrons. The van der Waals surface area contributed by atoms with Crippen molar-refractivity contribution in [3.05, 3.63) is 70.5 Å². The van der Waals surface area contributed by atoms with Gasteiger partial charge < -0.3 is 14.4 Å². The maximum atomic E-state index is 13.8. The molecule has 5 atom stereocenters. The Balaban J connectivity index is 1.57. The zero-order valence-corrected chi connectivity index (χ0v) is 22.9. The summed E-state index contributed by atoms with van der Waals surface area (Å²) < 4.78 is 106. The Morgan fingerprint density at radius 1 is 0.976 bits per heavy atom. The van der Waals surface area contributed by atoms with E-state index in [4.69, 9.17) is 9.47 Å². The van der Waals surface area contributed by atoms with Crippen molar-refractivity contribution in [2.45, 2.75) is 70.0 Å². The van der Waals surface area contributed by atoms with Crippen molar-refractivity contribution in [1.29, 1.82) is 0 Å². The molecule has 0 amide bonds. The van der Waals surface area contributed by atoms with Gasteiger partial charge in [-0.2, -0.15) is 26.3 Å². The third-order valence-corrected chi connectivity index (χ3v) is 8.06. The van der Waals surface area contributed by atoms with Gasteiger partial charge in [-0.15, -0.1) is 0 Å². The maximum absolute atomic E-state index is 13.8. The summed E-state index contributed by atoms with van der Waals surface area (Å²) in [7, 11) is 0. The van der Waals surface area contributed by atoms with Gasteiger partial charge >= 0.3 is 18.3 Å². The number of hydrogen-bond donors (Lipinski definition) is 0. The number of carbonyl (C=O) groups is 1. The minimum atomic E-state index is -4.96. The van der Waals surface area contributed by atoms with Gasteiger partial charge in [-0.05, 0) is 93.5 Å². The van der Waals surface area contributed by atoms with E-state index in [0.717, 1.165) is 24.9 Å². The van der Waals surface area contributed by atoms with Crippen LogP contribution in [-0.4, -0.2) is 43.2 Å². The number of nitrogens with zero attached hydrogens (tertiary/aromatic N) is 1. The molecular formula is C30H34F7NO3. The molecule has 4 rings (SSSR count). The van der Waals surface area contributed by atoms with E-state index in [9.17, 15) is 35.5 Å². The number of piperidine rings is 1. The fourth-order valence-electron chi connectivity index (χ4n) is 6.13. The minimum Gasteiger partial charge on any atom is -0.466 e. The van der Waals surface area contributed by atoms with Gasteiger partial charge in [0.05, 0.1) is 35.9 Å². The SMILES string of the molecule is CCOC(=O)[C@@H]1CCCN(C[C@@H]2CC[C@H](O[C@H](C)c3cc(C(F)(F)F)cc(C(F)(F)F)c3)[C@H]2c2ccc(F)cc2)C1. The van der Waals surface area contributed by atoms with Crippen LogP contribution in [0.25, 0.3) is 0 Å². The standard InChI is InChI=1S/C30H34F7NO3/c1-3-40-28(39)21-5-4-12-38(17-21)16-20-8-11-26(27(20)19-6-9-25(31)10-7-19)41-18(2)22-13-23(29(32,33)34)15-24(14-22)30(35,36)37/h6-7,9-10,13-15,18,20-21,26-27H,3-5,8,11-12,16-17H2,1-2H3/t18-,20+,21-,26+,27+/m1/s1. The Morgan fingerprint density at radius 3 is 2.20 bits per heavy atom. The number of rotatable bonds is 8. The Bertz CT molecular complexity index is 1150. The van der Waals surface area contributed by atoms with Crippen molar-refractivity contribution >= 4 is 5.97 Å². The van der Waals surface area contributed by atoms with Crippen molar-refractivity contribution in [2.75, 3.05) is 26.2 Å². The first kappa shape index (κ1) is 31.3. The van der Waals surface area contributed by atoms with Crippen LogP contribution in [0.4, 0.5) is 30.7 Å². The minimum absolute atomic E-state index is 0.0193. The molecule has 2 fully saturated rings. The molecule has 1 saturated carbocycles. The first-order chi connectivity index (χ1) is 19.3. The number of benzene rings is 2. The van der Waals surface area contributed by atoms with Crippen LogP contribution in [-0.2, 0) is 26.6 Å². The molecule has 1 aliphatic carbocycles. The molecular weight excluding hydrogens is 555 g/mol. The highest BCUT2D eigenvalue weighted by molar-refractivity contribution is 5.72. The van der Waals surface area contributed by atoms with Crippen LogP contribution in [0.15, 0.2) is 42.5 Å². The second kappa shape index (κ2) is 12.7. The quantitative estimate of drug-likeness (QED) is 0.233. The van der Waals surface area contributed by atoms with Crippen LogP contribution < -0.4 is 0 Å². The molecule has 1 heterocycles. The summed E-state index contributed by atoms with van der Waals surface area (Å²) in [6.07, 6.45) is -8.72. The lowest BCUT2D eigenvalue weighted by Gasteiger charge is -2.35. The van der Waals surface area contributed by atoms with Gasteiger partial charge in [0.25, 0.3) is 0 Å². The van der Waals surface area contributed by atoms with Gasteiger partial charge in [-0.1, -0.05) is 12.1 Å². The van der Waals surface area contributed by atoms with Crippen LogP contribution in [0.1, 0.15) is 73.8 Å². The fraction of sp³-hybridized carbons (Fsp3) is 0.567. The van der Waals surface area contributed by atoms with E-state index >= 15 is 0 Å². The number of esters is 1. The maximum Gasteiger partial charge on any atom is 0.416 e. The topological polar surface area (TPSA) is 38.8 Å². The summed E-state index contributed by atoms with van der Waals surface area (Å²) in [5.41, 5.74) is -2.22. The van der Waals surface area contributed by atoms with Crippen LogP contribution in [0.3, 0.4) is 0 Å². The molecule has 0 bridgehead atoms. The zero-order valence-electron chi connectivity index (χ0n) is 22.9. The van der Waals surface area contributed by atoms with Crippen molar-refractivity contribution < 1.29 is 45.0 Å². The second-order valence-electron chi connectivity index (χ2n) is 10.9. The first-order valence-corrected chi connectivity index (χ1v) is 13.9. The lowest BCUT2D eigenvalue weighted by Crippen LogP contribution is -2.42. The number of hydrogen-bond acceptors (Lipinski definition) is 4. The molecule has 0 unspecified atom stereocenters. The molecule has 226 valence electrons. The molecule has 11 heteroatoms. The van der Waals surface area contributed by atoms with Gasteiger partial charge in [0, 0.05) is 19.0 Å². The summed E-state index contributed by atoms with van der Waals surface area (Å²) in [5.74, 6) is -1.14. The third kappa shape index (κ3) is 7.80. The molecule has 0 N–H and O–H groups in total. The lowest BCUT2D eigenvalue weighted by molar-refractivity contribution is -0.150. The molecule has 2 aliphatic rings. The van der Waals surface area contributed by atoms with Gasteiger partial charge in [-0.3, -0.25) is 4.79 Å². The molecule has 0 spiro atoms. The van der Waals surface area contributed by atoms with Crippen LogP contribution in [0, 0.1) is 17.7 Å². The van der Waals surface area contributed by atoms with Crippen LogP contribution in [0.2, 0.25) is 0 Å². The van der Waals surface area contributed by atoms with Crippen molar-refractivity contribution in [2.24, 2.45) is 11.8 Å². The lowest BCUT2D eigenvalue weighted by atomic mass is 9.86. The highest BCUT2D eigenvalue weighted by Crippen LogP contribution is 2.45. The average Bonchev–Trinajstić information content (AvgIpc) is 3.29. The Morgan fingerprint density at radius 2 is 1.61 bits per heavy atom. The number of likely N-dealkylation sites (tertiary alicyclic amines) is 1. The molecule has 41 heavy (non-hydrogen) atoms. The Hall–Kier alpha value is -2.66. The van der Waals surface area contributed by atoms with E-state index in [0.29, 0.717) is 44.7 Å². The molecule has 2 aromatic carbocycles. The monoisotopic (exact) mass is 589 g/mol. The van der Waals surface area contributed by atoms with E-state index in [-0.39, 0.29) is 35.4 Å². The van der Waals surface area contributed by atoms with Gasteiger partial charge in [0.1, 0.15) is 5.82 Å². The number of ether oxygens (including phenoxy) is 2. The van der Waals surface area contributed by atoms with E-state index in [1.165, 1.54) is 19.1 Å². The van der Waals surface area contributed by atoms with Gasteiger partial charge in [0.15, 0.2) is 0 Å². The number of carbonyl (C=O) groups excluding carboxylic acids is 1. The van der Waals surface area contributed by atoms with E-state index in [2.05, 4.69) is 4.90 Å². The van der Waals surface area contributed by atoms with E-state index in [1.54, 1.807) is 19.1 Å². The third-order valence-electron chi connectivity index (χ3n) is 8.06. The summed E-state index contributed by atoms with van der Waals surface area (Å²) in [4.78, 5) is 14.5. The predicted molar refractivity (Wildman–Crippen MR) is 137 cm³/mol. The van der Waals surface area contributed by atoms with Crippen molar-refractivity contribution in [3.8, 4) is 0 Å². The van der Waals surface area contributed by atoms with Gasteiger partial charge in [-0.25, -0.2) is 4.39 Å². The fourth-order valence-corrected chi connectivity index (χ4v) is 6.13. The highest BCUT2D eigenvalue weighted by Gasteiger charge is 2.42. The Kier molecular flexibility index (Phi) is 9.68. The van der Waals surface area contributed by atoms with Gasteiger partial charge in [0.2, 0.25) is 0 Å². The number of halogens is 7. The second-order valence-corrected chi connectivity index (χ2v) is 10.9. The largest absolute Gasteiger partial charge is 0.466 e. The predicted octanol–water partition coefficient (Wildman–Crippen LogP) is 7.78. The van der Waals surface area contributed by atoms with Crippen molar-refractivity contribution in [1.82, 2.24) is 4.90 Å². The molecule has 1 aliphatic heterocycles. The summed E-state index contributed by atoms with van der Waals surface area (Å²) in [6, 6.07) is 7.43. The van der Waals surface area contributed by atoms with Crippen LogP contribution in [0.5, 0.6) is 0 Å². The van der Waals surface area contributed by atoms with Crippen LogP contribution >= 0.6 is 0 Å². The zero-order chi connectivity index (χ0) is 29.9. The van der Waals surface area contributed by atoms with E-state index < -0.39 is 41.5 Å². The summed E-state index contributed by atoms with van der Waals surface area (Å²) in [6.45, 7) is 5.45. The average molecular weight is 590 g/mol.